The SMILES string of the molecule is Nc1c(F)cccc1-c1nc2ccccc2o1. The Morgan fingerprint density at radius 2 is 1.88 bits per heavy atom. The number of oxazole rings is 1. The smallest absolute Gasteiger partial charge is 0.229 e. The minimum atomic E-state index is -0.468. The molecule has 4 heteroatoms. The number of nitrogens with two attached hydrogens (primary N) is 1. The third-order valence-electron chi connectivity index (χ3n) is 2.58. The summed E-state index contributed by atoms with van der Waals surface area (Å²) in [5.74, 6) is -0.132. The van der Waals surface area contributed by atoms with E-state index in [1.807, 2.05) is 18.2 Å². The summed E-state index contributed by atoms with van der Waals surface area (Å²) in [4.78, 5) is 4.27. The van der Waals surface area contributed by atoms with Crippen molar-refractivity contribution in [1.82, 2.24) is 4.98 Å². The highest BCUT2D eigenvalue weighted by Gasteiger charge is 2.12. The lowest BCUT2D eigenvalue weighted by Crippen LogP contribution is -1.93. The molecule has 0 aliphatic heterocycles. The molecule has 3 nitrogen and oxygen atoms in total. The molecule has 84 valence electrons. The number of halogens is 1. The number of benzene rings is 2. The van der Waals surface area contributed by atoms with E-state index in [-0.39, 0.29) is 5.69 Å². The van der Waals surface area contributed by atoms with Crippen molar-refractivity contribution in [1.29, 1.82) is 0 Å². The normalized spacial score (nSPS) is 10.9. The summed E-state index contributed by atoms with van der Waals surface area (Å²) < 4.78 is 18.9. The van der Waals surface area contributed by atoms with Gasteiger partial charge in [-0.25, -0.2) is 9.37 Å². The van der Waals surface area contributed by atoms with Gasteiger partial charge in [0.2, 0.25) is 5.89 Å². The van der Waals surface area contributed by atoms with E-state index in [1.165, 1.54) is 6.07 Å². The van der Waals surface area contributed by atoms with Crippen LogP contribution >= 0.6 is 0 Å². The molecule has 0 spiro atoms. The van der Waals surface area contributed by atoms with E-state index in [4.69, 9.17) is 10.2 Å². The molecule has 3 rings (SSSR count). The van der Waals surface area contributed by atoms with Crippen molar-refractivity contribution >= 4 is 16.8 Å². The first-order chi connectivity index (χ1) is 8.25. The lowest BCUT2D eigenvalue weighted by Gasteiger charge is -2.01. The standard InChI is InChI=1S/C13H9FN2O/c14-9-5-3-4-8(12(9)15)13-16-10-6-1-2-7-11(10)17-13/h1-7H,15H2. The van der Waals surface area contributed by atoms with Crippen molar-refractivity contribution < 1.29 is 8.81 Å². The van der Waals surface area contributed by atoms with E-state index in [0.717, 1.165) is 5.52 Å². The zero-order chi connectivity index (χ0) is 11.8. The molecule has 0 bridgehead atoms. The van der Waals surface area contributed by atoms with Crippen molar-refractivity contribution in [2.45, 2.75) is 0 Å². The summed E-state index contributed by atoms with van der Waals surface area (Å²) in [6, 6.07) is 11.9. The summed E-state index contributed by atoms with van der Waals surface area (Å²) in [5.41, 5.74) is 7.58. The lowest BCUT2D eigenvalue weighted by molar-refractivity contribution is 0.614. The topological polar surface area (TPSA) is 52.0 Å². The van der Waals surface area contributed by atoms with Crippen LogP contribution in [-0.2, 0) is 0 Å². The molecule has 0 amide bonds. The largest absolute Gasteiger partial charge is 0.436 e. The molecule has 3 aromatic rings. The Bertz CT molecular complexity index is 658. The van der Waals surface area contributed by atoms with Crippen LogP contribution in [0.15, 0.2) is 46.9 Å². The van der Waals surface area contributed by atoms with Gasteiger partial charge in [-0.1, -0.05) is 18.2 Å². The van der Waals surface area contributed by atoms with Gasteiger partial charge in [-0.05, 0) is 24.3 Å². The number of rotatable bonds is 1. The average Bonchev–Trinajstić information content (AvgIpc) is 2.76. The fourth-order valence-electron chi connectivity index (χ4n) is 1.71. The minimum absolute atomic E-state index is 0.0547. The second-order valence-electron chi connectivity index (χ2n) is 3.69. The van der Waals surface area contributed by atoms with Gasteiger partial charge < -0.3 is 10.2 Å². The van der Waals surface area contributed by atoms with Crippen molar-refractivity contribution in [2.24, 2.45) is 0 Å². The fourth-order valence-corrected chi connectivity index (χ4v) is 1.71. The van der Waals surface area contributed by atoms with Crippen molar-refractivity contribution in [2.75, 3.05) is 5.73 Å². The molecule has 0 saturated heterocycles. The molecule has 0 aliphatic rings. The summed E-state index contributed by atoms with van der Waals surface area (Å²) in [5, 5.41) is 0. The maximum absolute atomic E-state index is 13.3. The van der Waals surface area contributed by atoms with Gasteiger partial charge in [-0.3, -0.25) is 0 Å². The van der Waals surface area contributed by atoms with Gasteiger partial charge in [-0.2, -0.15) is 0 Å². The van der Waals surface area contributed by atoms with Crippen LogP contribution in [0, 0.1) is 5.82 Å². The summed E-state index contributed by atoms with van der Waals surface area (Å²) in [6.45, 7) is 0. The molecule has 2 aromatic carbocycles. The summed E-state index contributed by atoms with van der Waals surface area (Å²) in [7, 11) is 0. The zero-order valence-electron chi connectivity index (χ0n) is 8.85. The van der Waals surface area contributed by atoms with Crippen molar-refractivity contribution in [3.05, 3.63) is 48.3 Å². The molecule has 1 aromatic heterocycles. The second-order valence-corrected chi connectivity index (χ2v) is 3.69. The molecule has 0 aliphatic carbocycles. The zero-order valence-corrected chi connectivity index (χ0v) is 8.85. The molecule has 0 atom stereocenters. The van der Waals surface area contributed by atoms with Crippen LogP contribution in [0.5, 0.6) is 0 Å². The maximum atomic E-state index is 13.3. The van der Waals surface area contributed by atoms with Gasteiger partial charge in [-0.15, -0.1) is 0 Å². The number of aromatic nitrogens is 1. The first-order valence-electron chi connectivity index (χ1n) is 5.15. The maximum Gasteiger partial charge on any atom is 0.229 e. The second kappa shape index (κ2) is 3.59. The Balaban J connectivity index is 2.24. The van der Waals surface area contributed by atoms with Gasteiger partial charge in [0.25, 0.3) is 0 Å². The number of hydrogen-bond acceptors (Lipinski definition) is 3. The fraction of sp³-hybridized carbons (Fsp3) is 0. The van der Waals surface area contributed by atoms with Crippen LogP contribution in [0.25, 0.3) is 22.6 Å². The highest BCUT2D eigenvalue weighted by Crippen LogP contribution is 2.29. The van der Waals surface area contributed by atoms with Gasteiger partial charge in [0, 0.05) is 0 Å². The molecule has 0 fully saturated rings. The monoisotopic (exact) mass is 228 g/mol. The number of hydrogen-bond donors (Lipinski definition) is 1. The van der Waals surface area contributed by atoms with Crippen molar-refractivity contribution in [3.8, 4) is 11.5 Å². The first kappa shape index (κ1) is 9.84. The van der Waals surface area contributed by atoms with Crippen molar-refractivity contribution in [3.63, 3.8) is 0 Å². The summed E-state index contributed by atoms with van der Waals surface area (Å²) in [6.07, 6.45) is 0. The van der Waals surface area contributed by atoms with Crippen LogP contribution < -0.4 is 5.73 Å². The van der Waals surface area contributed by atoms with Crippen LogP contribution in [0.2, 0.25) is 0 Å². The highest BCUT2D eigenvalue weighted by molar-refractivity contribution is 5.79. The van der Waals surface area contributed by atoms with Gasteiger partial charge in [0.05, 0.1) is 11.3 Å². The number of nitrogen functional groups attached to an aromatic ring is 1. The molecule has 1 heterocycles. The molecule has 0 radical (unpaired) electrons. The quantitative estimate of drug-likeness (QED) is 0.650. The molecular weight excluding hydrogens is 219 g/mol. The van der Waals surface area contributed by atoms with Crippen LogP contribution in [0.3, 0.4) is 0 Å². The van der Waals surface area contributed by atoms with E-state index >= 15 is 0 Å². The summed E-state index contributed by atoms with van der Waals surface area (Å²) >= 11 is 0. The Morgan fingerprint density at radius 3 is 2.71 bits per heavy atom. The number of para-hydroxylation sites is 3. The average molecular weight is 228 g/mol. The number of fused-ring (bicyclic) bond motifs is 1. The Labute approximate surface area is 96.7 Å². The molecule has 0 saturated carbocycles. The van der Waals surface area contributed by atoms with E-state index in [9.17, 15) is 4.39 Å². The van der Waals surface area contributed by atoms with Crippen LogP contribution in [0.1, 0.15) is 0 Å². The number of anilines is 1. The lowest BCUT2D eigenvalue weighted by atomic mass is 10.2. The van der Waals surface area contributed by atoms with Gasteiger partial charge >= 0.3 is 0 Å². The first-order valence-corrected chi connectivity index (χ1v) is 5.15. The third-order valence-corrected chi connectivity index (χ3v) is 2.58. The molecule has 0 unspecified atom stereocenters. The third kappa shape index (κ3) is 1.54. The predicted molar refractivity (Wildman–Crippen MR) is 63.8 cm³/mol. The van der Waals surface area contributed by atoms with Gasteiger partial charge in [0.15, 0.2) is 5.58 Å². The van der Waals surface area contributed by atoms with E-state index in [1.54, 1.807) is 18.2 Å². The Kier molecular flexibility index (Phi) is 2.08. The van der Waals surface area contributed by atoms with E-state index in [0.29, 0.717) is 17.0 Å². The van der Waals surface area contributed by atoms with E-state index < -0.39 is 5.82 Å². The van der Waals surface area contributed by atoms with E-state index in [2.05, 4.69) is 4.98 Å². The van der Waals surface area contributed by atoms with Crippen LogP contribution in [0.4, 0.5) is 10.1 Å². The Morgan fingerprint density at radius 1 is 1.06 bits per heavy atom. The Hall–Kier alpha value is -2.36. The minimum Gasteiger partial charge on any atom is -0.436 e. The molecule has 2 N–H and O–H groups in total. The number of nitrogens with zero attached hydrogens (tertiary/aromatic N) is 1. The van der Waals surface area contributed by atoms with Crippen LogP contribution in [-0.4, -0.2) is 4.98 Å². The highest BCUT2D eigenvalue weighted by atomic mass is 19.1. The predicted octanol–water partition coefficient (Wildman–Crippen LogP) is 3.22. The van der Waals surface area contributed by atoms with Gasteiger partial charge in [0.1, 0.15) is 11.3 Å². The molecule has 17 heavy (non-hydrogen) atoms. The molecular formula is C13H9FN2O.